The topological polar surface area (TPSA) is 74.7 Å². The van der Waals surface area contributed by atoms with Gasteiger partial charge < -0.3 is 15.9 Å². The van der Waals surface area contributed by atoms with Crippen LogP contribution in [0.2, 0.25) is 0 Å². The lowest BCUT2D eigenvalue weighted by Gasteiger charge is -2.38. The Balaban J connectivity index is 2.68. The van der Waals surface area contributed by atoms with Crippen LogP contribution in [0.1, 0.15) is 20.8 Å². The summed E-state index contributed by atoms with van der Waals surface area (Å²) in [6.45, 7) is 8.06. The molecule has 0 aromatic carbocycles. The molecule has 0 amide bonds. The van der Waals surface area contributed by atoms with Crippen LogP contribution in [0.25, 0.3) is 0 Å². The fourth-order valence-electron chi connectivity index (χ4n) is 2.12. The summed E-state index contributed by atoms with van der Waals surface area (Å²) < 4.78 is 5.69. The fraction of sp³-hybridized carbons (Fsp3) is 0.667. The molecule has 0 aliphatic carbocycles. The van der Waals surface area contributed by atoms with Crippen LogP contribution in [0.3, 0.4) is 0 Å². The van der Waals surface area contributed by atoms with Crippen molar-refractivity contribution in [1.29, 1.82) is 5.41 Å². The smallest absolute Gasteiger partial charge is 0.0860 e. The number of hydrogen-bond donors (Lipinski definition) is 2. The molecule has 1 aliphatic heterocycles. The molecule has 0 saturated carbocycles. The summed E-state index contributed by atoms with van der Waals surface area (Å²) in [5, 5.41) is 7.24. The summed E-state index contributed by atoms with van der Waals surface area (Å²) in [4.78, 5) is 6.26. The van der Waals surface area contributed by atoms with E-state index < -0.39 is 0 Å². The average molecular weight is 238 g/mol. The molecule has 5 heteroatoms. The Morgan fingerprint density at radius 3 is 2.53 bits per heavy atom. The number of hydrogen-bond acceptors (Lipinski definition) is 4. The molecule has 1 saturated heterocycles. The second-order valence-electron chi connectivity index (χ2n) is 4.47. The minimum atomic E-state index is 0.226. The van der Waals surface area contributed by atoms with Crippen molar-refractivity contribution in [3.8, 4) is 0 Å². The first-order valence-electron chi connectivity index (χ1n) is 5.93. The first kappa shape index (κ1) is 13.9. The Hall–Kier alpha value is -1.20. The van der Waals surface area contributed by atoms with Crippen molar-refractivity contribution in [2.75, 3.05) is 13.1 Å². The highest BCUT2D eigenvalue weighted by Crippen LogP contribution is 2.14. The summed E-state index contributed by atoms with van der Waals surface area (Å²) in [5.74, 6) is 0. The number of nitrogens with zero attached hydrogens (tertiary/aromatic N) is 2. The maximum Gasteiger partial charge on any atom is 0.0860 e. The van der Waals surface area contributed by atoms with Crippen molar-refractivity contribution < 1.29 is 4.74 Å². The molecule has 0 bridgehead atoms. The third kappa shape index (κ3) is 4.28. The lowest BCUT2D eigenvalue weighted by atomic mass is 10.1. The van der Waals surface area contributed by atoms with E-state index in [2.05, 4.69) is 30.7 Å². The first-order valence-corrected chi connectivity index (χ1v) is 5.93. The van der Waals surface area contributed by atoms with Crippen LogP contribution < -0.4 is 5.73 Å². The van der Waals surface area contributed by atoms with Gasteiger partial charge in [-0.05, 0) is 26.8 Å². The molecule has 3 atom stereocenters. The van der Waals surface area contributed by atoms with E-state index in [0.29, 0.717) is 5.70 Å². The number of rotatable bonds is 4. The molecule has 3 unspecified atom stereocenters. The predicted molar refractivity (Wildman–Crippen MR) is 70.6 cm³/mol. The van der Waals surface area contributed by atoms with Gasteiger partial charge >= 0.3 is 0 Å². The number of nitrogens with two attached hydrogens (primary N) is 1. The third-order valence-electron chi connectivity index (χ3n) is 2.81. The van der Waals surface area contributed by atoms with Crippen LogP contribution >= 0.6 is 0 Å². The van der Waals surface area contributed by atoms with E-state index in [9.17, 15) is 0 Å². The Kier molecular flexibility index (Phi) is 5.31. The highest BCUT2D eigenvalue weighted by Gasteiger charge is 2.24. The minimum absolute atomic E-state index is 0.226. The maximum absolute atomic E-state index is 7.24. The van der Waals surface area contributed by atoms with Crippen molar-refractivity contribution in [3.63, 3.8) is 0 Å². The van der Waals surface area contributed by atoms with Crippen LogP contribution in [0, 0.1) is 5.41 Å². The van der Waals surface area contributed by atoms with Gasteiger partial charge in [-0.3, -0.25) is 4.90 Å². The summed E-state index contributed by atoms with van der Waals surface area (Å²) in [6.07, 6.45) is 4.87. The number of nitrogens with one attached hydrogen (secondary N) is 1. The molecule has 0 spiro atoms. The lowest BCUT2D eigenvalue weighted by molar-refractivity contribution is -0.0736. The quantitative estimate of drug-likeness (QED) is 0.567. The molecule has 3 N–H and O–H groups in total. The van der Waals surface area contributed by atoms with Crippen molar-refractivity contribution in [3.05, 3.63) is 11.8 Å². The number of morpholine rings is 1. The van der Waals surface area contributed by atoms with Gasteiger partial charge in [-0.2, -0.15) is 0 Å². The SMILES string of the molecule is CC1CN(C(C)/C=C(/C=N)N=CN)CC(C)O1. The normalized spacial score (nSPS) is 29.5. The van der Waals surface area contributed by atoms with Gasteiger partial charge in [0.2, 0.25) is 0 Å². The van der Waals surface area contributed by atoms with E-state index in [0.717, 1.165) is 13.1 Å². The van der Waals surface area contributed by atoms with E-state index in [-0.39, 0.29) is 18.2 Å². The lowest BCUT2D eigenvalue weighted by Crippen LogP contribution is -2.48. The molecule has 96 valence electrons. The van der Waals surface area contributed by atoms with Gasteiger partial charge in [-0.1, -0.05) is 0 Å². The van der Waals surface area contributed by atoms with E-state index in [4.69, 9.17) is 15.9 Å². The number of ether oxygens (including phenoxy) is 1. The van der Waals surface area contributed by atoms with E-state index in [1.165, 1.54) is 12.6 Å². The molecule has 1 fully saturated rings. The molecule has 1 heterocycles. The highest BCUT2D eigenvalue weighted by molar-refractivity contribution is 5.78. The van der Waals surface area contributed by atoms with Gasteiger partial charge in [0.05, 0.1) is 24.2 Å². The van der Waals surface area contributed by atoms with Crippen molar-refractivity contribution in [2.24, 2.45) is 10.7 Å². The van der Waals surface area contributed by atoms with Gasteiger partial charge in [0.15, 0.2) is 0 Å². The van der Waals surface area contributed by atoms with Gasteiger partial charge in [-0.15, -0.1) is 0 Å². The second-order valence-corrected chi connectivity index (χ2v) is 4.47. The number of allylic oxidation sites excluding steroid dienone is 1. The molecule has 0 radical (unpaired) electrons. The Morgan fingerprint density at radius 2 is 2.06 bits per heavy atom. The molecule has 0 aromatic heterocycles. The monoisotopic (exact) mass is 238 g/mol. The summed E-state index contributed by atoms with van der Waals surface area (Å²) in [5.41, 5.74) is 5.82. The third-order valence-corrected chi connectivity index (χ3v) is 2.81. The summed E-state index contributed by atoms with van der Waals surface area (Å²) in [7, 11) is 0. The zero-order valence-electron chi connectivity index (χ0n) is 10.8. The van der Waals surface area contributed by atoms with Gasteiger partial charge in [0, 0.05) is 25.3 Å². The van der Waals surface area contributed by atoms with Crippen molar-refractivity contribution in [2.45, 2.75) is 39.0 Å². The fourth-order valence-corrected chi connectivity index (χ4v) is 2.12. The second kappa shape index (κ2) is 6.51. The van der Waals surface area contributed by atoms with Crippen LogP contribution in [0.15, 0.2) is 16.8 Å². The molecule has 17 heavy (non-hydrogen) atoms. The van der Waals surface area contributed by atoms with E-state index >= 15 is 0 Å². The first-order chi connectivity index (χ1) is 8.06. The summed E-state index contributed by atoms with van der Waals surface area (Å²) >= 11 is 0. The standard InChI is InChI=1S/C12H22N4O/c1-9(4-12(5-13)15-8-14)16-6-10(2)17-11(3)7-16/h4-5,8-11,13H,6-7H2,1-3H3,(H2,14,15)/b12-4-,13-5?. The van der Waals surface area contributed by atoms with Gasteiger partial charge in [0.1, 0.15) is 0 Å². The predicted octanol–water partition coefficient (Wildman–Crippen LogP) is 1.00. The van der Waals surface area contributed by atoms with Crippen LogP contribution in [0.4, 0.5) is 0 Å². The van der Waals surface area contributed by atoms with Crippen LogP contribution in [0.5, 0.6) is 0 Å². The molecule has 0 aromatic rings. The molecule has 1 rings (SSSR count). The van der Waals surface area contributed by atoms with E-state index in [1.54, 1.807) is 0 Å². The largest absolute Gasteiger partial charge is 0.390 e. The maximum atomic E-state index is 7.24. The Labute approximate surface area is 103 Å². The molecule has 5 nitrogen and oxygen atoms in total. The zero-order chi connectivity index (χ0) is 12.8. The van der Waals surface area contributed by atoms with Crippen molar-refractivity contribution in [1.82, 2.24) is 4.90 Å². The van der Waals surface area contributed by atoms with Gasteiger partial charge in [0.25, 0.3) is 0 Å². The highest BCUT2D eigenvalue weighted by atomic mass is 16.5. The molecule has 1 aliphatic rings. The van der Waals surface area contributed by atoms with E-state index in [1.807, 2.05) is 6.08 Å². The van der Waals surface area contributed by atoms with Crippen LogP contribution in [-0.4, -0.2) is 48.8 Å². The minimum Gasteiger partial charge on any atom is -0.390 e. The van der Waals surface area contributed by atoms with Crippen molar-refractivity contribution >= 4 is 12.6 Å². The number of aliphatic imine (C=N–C) groups is 1. The average Bonchev–Trinajstić information content (AvgIpc) is 2.27. The zero-order valence-corrected chi connectivity index (χ0v) is 10.8. The van der Waals surface area contributed by atoms with Gasteiger partial charge in [-0.25, -0.2) is 4.99 Å². The van der Waals surface area contributed by atoms with Crippen LogP contribution in [-0.2, 0) is 4.74 Å². The Morgan fingerprint density at radius 1 is 1.47 bits per heavy atom. The summed E-state index contributed by atoms with van der Waals surface area (Å²) in [6, 6.07) is 0.226. The Bertz CT molecular complexity index is 304. The molecular weight excluding hydrogens is 216 g/mol. The molecular formula is C12H22N4O.